The Morgan fingerprint density at radius 1 is 0.559 bits per heavy atom. The molecule has 0 aliphatic heterocycles. The van der Waals surface area contributed by atoms with Gasteiger partial charge in [-0.1, -0.05) is 89.5 Å². The van der Waals surface area contributed by atoms with Gasteiger partial charge < -0.3 is 4.74 Å². The van der Waals surface area contributed by atoms with Crippen LogP contribution in [-0.2, 0) is 19.4 Å². The molecule has 0 spiro atoms. The third-order valence-electron chi connectivity index (χ3n) is 6.38. The molecule has 2 aromatic carbocycles. The van der Waals surface area contributed by atoms with Crippen LogP contribution in [0.1, 0.15) is 94.7 Å². The molecule has 1 aromatic heterocycles. The number of ether oxygens (including phenoxy) is 1. The van der Waals surface area contributed by atoms with Crippen LogP contribution in [0.4, 0.5) is 0 Å². The van der Waals surface area contributed by atoms with Crippen LogP contribution in [0.25, 0.3) is 11.4 Å². The number of hydrogen-bond donors (Lipinski definition) is 0. The summed E-state index contributed by atoms with van der Waals surface area (Å²) < 4.78 is 6.00. The minimum Gasteiger partial charge on any atom is -0.489 e. The highest BCUT2D eigenvalue weighted by atomic mass is 16.5. The van der Waals surface area contributed by atoms with Crippen molar-refractivity contribution in [2.75, 3.05) is 0 Å². The van der Waals surface area contributed by atoms with Gasteiger partial charge in [-0.05, 0) is 66.6 Å². The summed E-state index contributed by atoms with van der Waals surface area (Å²) in [5, 5.41) is 0. The standard InChI is InChI=1S/C31H42N2O/c1-3-5-7-9-11-13-26-15-17-27(18-16-26)25-34-30-21-19-29(20-22-30)31-32-23-28(24-33-31)14-12-10-8-6-4-2/h15-24H,3-14,25H2,1-2H3. The average Bonchev–Trinajstić information content (AvgIpc) is 2.89. The molecular weight excluding hydrogens is 416 g/mol. The molecule has 0 aliphatic rings. The molecular formula is C31H42N2O. The molecule has 1 heterocycles. The Morgan fingerprint density at radius 3 is 1.68 bits per heavy atom. The van der Waals surface area contributed by atoms with Crippen LogP contribution in [0, 0.1) is 0 Å². The lowest BCUT2D eigenvalue weighted by molar-refractivity contribution is 0.306. The van der Waals surface area contributed by atoms with E-state index >= 15 is 0 Å². The van der Waals surface area contributed by atoms with Gasteiger partial charge >= 0.3 is 0 Å². The molecule has 0 N–H and O–H groups in total. The predicted molar refractivity (Wildman–Crippen MR) is 143 cm³/mol. The van der Waals surface area contributed by atoms with E-state index in [0.717, 1.165) is 23.6 Å². The molecule has 0 bridgehead atoms. The van der Waals surface area contributed by atoms with E-state index in [2.05, 4.69) is 48.1 Å². The summed E-state index contributed by atoms with van der Waals surface area (Å²) in [7, 11) is 0. The molecule has 0 unspecified atom stereocenters. The number of unbranched alkanes of at least 4 members (excludes halogenated alkanes) is 8. The van der Waals surface area contributed by atoms with E-state index < -0.39 is 0 Å². The van der Waals surface area contributed by atoms with Crippen molar-refractivity contribution >= 4 is 0 Å². The second-order valence-electron chi connectivity index (χ2n) is 9.37. The smallest absolute Gasteiger partial charge is 0.159 e. The monoisotopic (exact) mass is 458 g/mol. The zero-order valence-electron chi connectivity index (χ0n) is 21.3. The number of nitrogens with zero attached hydrogens (tertiary/aromatic N) is 2. The van der Waals surface area contributed by atoms with Crippen LogP contribution >= 0.6 is 0 Å². The molecule has 0 atom stereocenters. The summed E-state index contributed by atoms with van der Waals surface area (Å²) in [4.78, 5) is 9.16. The molecule has 34 heavy (non-hydrogen) atoms. The van der Waals surface area contributed by atoms with Gasteiger partial charge in [0.15, 0.2) is 5.82 Å². The molecule has 0 saturated carbocycles. The zero-order chi connectivity index (χ0) is 23.8. The van der Waals surface area contributed by atoms with E-state index in [1.54, 1.807) is 0 Å². The van der Waals surface area contributed by atoms with Crippen molar-refractivity contribution in [1.29, 1.82) is 0 Å². The van der Waals surface area contributed by atoms with Crippen molar-refractivity contribution < 1.29 is 4.74 Å². The Balaban J connectivity index is 1.41. The van der Waals surface area contributed by atoms with Crippen LogP contribution in [0.15, 0.2) is 60.9 Å². The van der Waals surface area contributed by atoms with Crippen LogP contribution in [0.3, 0.4) is 0 Å². The summed E-state index contributed by atoms with van der Waals surface area (Å²) in [6.07, 6.45) is 19.3. The summed E-state index contributed by atoms with van der Waals surface area (Å²) in [6, 6.07) is 17.0. The molecule has 3 rings (SSSR count). The first-order valence-electron chi connectivity index (χ1n) is 13.4. The first-order valence-corrected chi connectivity index (χ1v) is 13.4. The van der Waals surface area contributed by atoms with Gasteiger partial charge in [-0.25, -0.2) is 9.97 Å². The predicted octanol–water partition coefficient (Wildman–Crippen LogP) is 8.75. The zero-order valence-corrected chi connectivity index (χ0v) is 21.3. The van der Waals surface area contributed by atoms with Gasteiger partial charge in [0.1, 0.15) is 12.4 Å². The highest BCUT2D eigenvalue weighted by Crippen LogP contribution is 2.21. The van der Waals surface area contributed by atoms with Gasteiger partial charge in [0.25, 0.3) is 0 Å². The number of aromatic nitrogens is 2. The highest BCUT2D eigenvalue weighted by Gasteiger charge is 2.04. The molecule has 0 amide bonds. The maximum Gasteiger partial charge on any atom is 0.159 e. The number of rotatable bonds is 16. The lowest BCUT2D eigenvalue weighted by Crippen LogP contribution is -1.96. The average molecular weight is 459 g/mol. The van der Waals surface area contributed by atoms with Crippen LogP contribution in [0.2, 0.25) is 0 Å². The van der Waals surface area contributed by atoms with Crippen LogP contribution in [0.5, 0.6) is 5.75 Å². The molecule has 0 aliphatic carbocycles. The topological polar surface area (TPSA) is 35.0 Å². The van der Waals surface area contributed by atoms with E-state index in [0.29, 0.717) is 6.61 Å². The number of hydrogen-bond acceptors (Lipinski definition) is 3. The van der Waals surface area contributed by atoms with E-state index in [-0.39, 0.29) is 0 Å². The molecule has 3 aromatic rings. The molecule has 182 valence electrons. The minimum atomic E-state index is 0.583. The second-order valence-corrected chi connectivity index (χ2v) is 9.37. The van der Waals surface area contributed by atoms with Gasteiger partial charge in [-0.3, -0.25) is 0 Å². The Bertz CT molecular complexity index is 917. The van der Waals surface area contributed by atoms with Crippen molar-refractivity contribution in [1.82, 2.24) is 9.97 Å². The molecule has 0 fully saturated rings. The Kier molecular flexibility index (Phi) is 11.6. The van der Waals surface area contributed by atoms with Gasteiger partial charge in [-0.15, -0.1) is 0 Å². The van der Waals surface area contributed by atoms with Gasteiger partial charge in [0.05, 0.1) is 0 Å². The SMILES string of the molecule is CCCCCCCc1ccc(COc2ccc(-c3ncc(CCCCCCC)cn3)cc2)cc1. The van der Waals surface area contributed by atoms with Crippen molar-refractivity contribution in [2.45, 2.75) is 97.5 Å². The van der Waals surface area contributed by atoms with Crippen molar-refractivity contribution in [3.63, 3.8) is 0 Å². The number of aryl methyl sites for hydroxylation is 2. The normalized spacial score (nSPS) is 11.0. The Hall–Kier alpha value is -2.68. The summed E-state index contributed by atoms with van der Waals surface area (Å²) in [5.41, 5.74) is 4.87. The van der Waals surface area contributed by atoms with Crippen LogP contribution < -0.4 is 4.74 Å². The first kappa shape index (κ1) is 25.9. The molecule has 3 heteroatoms. The van der Waals surface area contributed by atoms with Crippen molar-refractivity contribution in [3.05, 3.63) is 77.6 Å². The molecule has 3 nitrogen and oxygen atoms in total. The minimum absolute atomic E-state index is 0.583. The fraction of sp³-hybridized carbons (Fsp3) is 0.484. The van der Waals surface area contributed by atoms with E-state index in [4.69, 9.17) is 4.74 Å². The fourth-order valence-electron chi connectivity index (χ4n) is 4.17. The number of benzene rings is 2. The van der Waals surface area contributed by atoms with Crippen molar-refractivity contribution in [2.24, 2.45) is 0 Å². The summed E-state index contributed by atoms with van der Waals surface area (Å²) in [6.45, 7) is 5.10. The Labute approximate surface area is 207 Å². The van der Waals surface area contributed by atoms with Gasteiger partial charge in [-0.2, -0.15) is 0 Å². The molecule has 0 radical (unpaired) electrons. The van der Waals surface area contributed by atoms with E-state index in [1.807, 2.05) is 36.7 Å². The largest absolute Gasteiger partial charge is 0.489 e. The van der Waals surface area contributed by atoms with Crippen molar-refractivity contribution in [3.8, 4) is 17.1 Å². The maximum absolute atomic E-state index is 6.00. The first-order chi connectivity index (χ1) is 16.8. The van der Waals surface area contributed by atoms with Crippen LogP contribution in [-0.4, -0.2) is 9.97 Å². The van der Waals surface area contributed by atoms with Gasteiger partial charge in [0, 0.05) is 18.0 Å². The second kappa shape index (κ2) is 15.3. The quantitative estimate of drug-likeness (QED) is 0.201. The van der Waals surface area contributed by atoms with E-state index in [1.165, 1.54) is 87.3 Å². The highest BCUT2D eigenvalue weighted by molar-refractivity contribution is 5.55. The third kappa shape index (κ3) is 9.29. The lowest BCUT2D eigenvalue weighted by Gasteiger charge is -2.08. The van der Waals surface area contributed by atoms with E-state index in [9.17, 15) is 0 Å². The summed E-state index contributed by atoms with van der Waals surface area (Å²) in [5.74, 6) is 1.64. The third-order valence-corrected chi connectivity index (χ3v) is 6.38. The maximum atomic E-state index is 6.00. The molecule has 0 saturated heterocycles. The fourth-order valence-corrected chi connectivity index (χ4v) is 4.17. The lowest BCUT2D eigenvalue weighted by atomic mass is 10.0. The Morgan fingerprint density at radius 2 is 1.09 bits per heavy atom. The van der Waals surface area contributed by atoms with Gasteiger partial charge in [0.2, 0.25) is 0 Å². The summed E-state index contributed by atoms with van der Waals surface area (Å²) >= 11 is 0.